The van der Waals surface area contributed by atoms with Crippen molar-refractivity contribution in [3.05, 3.63) is 69.4 Å². The molecule has 0 aliphatic carbocycles. The van der Waals surface area contributed by atoms with E-state index in [1.165, 1.54) is 0 Å². The smallest absolute Gasteiger partial charge is 0.281 e. The summed E-state index contributed by atoms with van der Waals surface area (Å²) in [5.74, 6) is 0. The van der Waals surface area contributed by atoms with Gasteiger partial charge in [0.15, 0.2) is 0 Å². The highest BCUT2D eigenvalue weighted by molar-refractivity contribution is 5.91. The third-order valence-corrected chi connectivity index (χ3v) is 3.37. The fraction of sp³-hybridized carbons (Fsp3) is 0. The zero-order valence-electron chi connectivity index (χ0n) is 11.2. The Balaban J connectivity index is 2.10. The van der Waals surface area contributed by atoms with E-state index >= 15 is 0 Å². The molecule has 0 amide bonds. The van der Waals surface area contributed by atoms with Gasteiger partial charge in [0.1, 0.15) is 17.1 Å². The Bertz CT molecular complexity index is 1010. The number of aromatic nitrogens is 4. The molecular weight excluding hydrogens is 280 g/mol. The summed E-state index contributed by atoms with van der Waals surface area (Å²) in [6.07, 6.45) is 3.27. The van der Waals surface area contributed by atoms with Crippen LogP contribution in [0.1, 0.15) is 0 Å². The van der Waals surface area contributed by atoms with Crippen molar-refractivity contribution in [3.63, 3.8) is 0 Å². The van der Waals surface area contributed by atoms with E-state index in [4.69, 9.17) is 0 Å². The zero-order valence-corrected chi connectivity index (χ0v) is 11.2. The van der Waals surface area contributed by atoms with Crippen LogP contribution in [0.2, 0.25) is 0 Å². The van der Waals surface area contributed by atoms with Crippen LogP contribution < -0.4 is 11.0 Å². The van der Waals surface area contributed by atoms with Crippen LogP contribution in [0.25, 0.3) is 34.0 Å². The van der Waals surface area contributed by atoms with Crippen molar-refractivity contribution in [3.8, 4) is 34.0 Å². The standard InChI is InChI=1S/C16H8N4O2/c21-15-14-13(20-16(15)22)11(9-5-1-3-7-17-9)12(19-14)10-6-2-4-8-18-10/h1-8H. The van der Waals surface area contributed by atoms with E-state index in [0.29, 0.717) is 22.6 Å². The molecule has 0 atom stereocenters. The van der Waals surface area contributed by atoms with Crippen LogP contribution in [0.5, 0.6) is 0 Å². The number of hydrogen-bond donors (Lipinski definition) is 0. The maximum atomic E-state index is 11.9. The van der Waals surface area contributed by atoms with Crippen molar-refractivity contribution in [2.75, 3.05) is 0 Å². The molecule has 4 rings (SSSR count). The molecular formula is C16H8N4O2. The fourth-order valence-corrected chi connectivity index (χ4v) is 2.41. The first kappa shape index (κ1) is 12.5. The average molecular weight is 288 g/mol. The monoisotopic (exact) mass is 288 g/mol. The lowest BCUT2D eigenvalue weighted by Gasteiger charge is -2.02. The summed E-state index contributed by atoms with van der Waals surface area (Å²) in [6.45, 7) is 0. The predicted molar refractivity (Wildman–Crippen MR) is 80.0 cm³/mol. The average Bonchev–Trinajstić information content (AvgIpc) is 3.06. The van der Waals surface area contributed by atoms with Crippen molar-refractivity contribution < 1.29 is 0 Å². The third-order valence-electron chi connectivity index (χ3n) is 3.37. The second-order valence-corrected chi connectivity index (χ2v) is 4.71. The largest absolute Gasteiger partial charge is 0.320 e. The quantitative estimate of drug-likeness (QED) is 0.517. The maximum absolute atomic E-state index is 11.9. The molecule has 0 radical (unpaired) electrons. The van der Waals surface area contributed by atoms with E-state index in [1.54, 1.807) is 36.7 Å². The second-order valence-electron chi connectivity index (χ2n) is 4.71. The SMILES string of the molecule is O=c1nc2c(-c3ccccn3)c(-c3ccccn3)nc-2c1=O. The number of pyridine rings is 2. The summed E-state index contributed by atoms with van der Waals surface area (Å²) in [7, 11) is 0. The molecule has 0 saturated carbocycles. The van der Waals surface area contributed by atoms with Crippen LogP contribution >= 0.6 is 0 Å². The van der Waals surface area contributed by atoms with E-state index in [-0.39, 0.29) is 11.4 Å². The molecule has 0 spiro atoms. The van der Waals surface area contributed by atoms with Crippen molar-refractivity contribution in [1.82, 2.24) is 19.9 Å². The van der Waals surface area contributed by atoms with E-state index in [0.717, 1.165) is 0 Å². The van der Waals surface area contributed by atoms with Crippen molar-refractivity contribution in [2.24, 2.45) is 0 Å². The minimum absolute atomic E-state index is 0.0753. The minimum Gasteiger partial charge on any atom is -0.281 e. The Hall–Kier alpha value is -3.28. The van der Waals surface area contributed by atoms with Crippen molar-refractivity contribution >= 4 is 0 Å². The molecule has 0 N–H and O–H groups in total. The van der Waals surface area contributed by atoms with Crippen LogP contribution in [0.3, 0.4) is 0 Å². The first-order valence-electron chi connectivity index (χ1n) is 6.59. The minimum atomic E-state index is -0.790. The van der Waals surface area contributed by atoms with Gasteiger partial charge in [-0.2, -0.15) is 0 Å². The number of nitrogens with zero attached hydrogens (tertiary/aromatic N) is 4. The summed E-state index contributed by atoms with van der Waals surface area (Å²) < 4.78 is 0. The summed E-state index contributed by atoms with van der Waals surface area (Å²) in [5.41, 5.74) is 1.16. The summed E-state index contributed by atoms with van der Waals surface area (Å²) >= 11 is 0. The summed E-state index contributed by atoms with van der Waals surface area (Å²) in [6, 6.07) is 10.8. The van der Waals surface area contributed by atoms with E-state index < -0.39 is 11.0 Å². The summed E-state index contributed by atoms with van der Waals surface area (Å²) in [5, 5.41) is 0. The van der Waals surface area contributed by atoms with Gasteiger partial charge < -0.3 is 0 Å². The van der Waals surface area contributed by atoms with Gasteiger partial charge in [0.25, 0.3) is 5.43 Å². The van der Waals surface area contributed by atoms with Gasteiger partial charge in [-0.25, -0.2) is 9.97 Å². The van der Waals surface area contributed by atoms with Crippen LogP contribution in [0.4, 0.5) is 0 Å². The van der Waals surface area contributed by atoms with Gasteiger partial charge in [-0.05, 0) is 24.3 Å². The Morgan fingerprint density at radius 1 is 0.682 bits per heavy atom. The molecule has 104 valence electrons. The van der Waals surface area contributed by atoms with Crippen LogP contribution in [0.15, 0.2) is 58.4 Å². The lowest BCUT2D eigenvalue weighted by Crippen LogP contribution is -2.19. The third kappa shape index (κ3) is 1.74. The molecule has 2 aliphatic rings. The molecule has 2 aliphatic heterocycles. The lowest BCUT2D eigenvalue weighted by molar-refractivity contribution is 1.26. The van der Waals surface area contributed by atoms with Crippen molar-refractivity contribution in [1.29, 1.82) is 0 Å². The number of rotatable bonds is 2. The van der Waals surface area contributed by atoms with Gasteiger partial charge in [-0.1, -0.05) is 12.1 Å². The highest BCUT2D eigenvalue weighted by Crippen LogP contribution is 2.37. The molecule has 6 heteroatoms. The van der Waals surface area contributed by atoms with Gasteiger partial charge in [0.05, 0.1) is 17.0 Å². The molecule has 0 saturated heterocycles. The first-order valence-corrected chi connectivity index (χ1v) is 6.59. The Labute approximate surface area is 124 Å². The molecule has 0 aromatic carbocycles. The van der Waals surface area contributed by atoms with E-state index in [1.807, 2.05) is 12.1 Å². The first-order chi connectivity index (χ1) is 10.8. The normalized spacial score (nSPS) is 11.1. The van der Waals surface area contributed by atoms with Gasteiger partial charge >= 0.3 is 5.56 Å². The highest BCUT2D eigenvalue weighted by Gasteiger charge is 2.28. The Kier molecular flexibility index (Phi) is 2.62. The number of fused-ring (bicyclic) bond motifs is 1. The van der Waals surface area contributed by atoms with Crippen LogP contribution in [0, 0.1) is 0 Å². The lowest BCUT2D eigenvalue weighted by atomic mass is 10.1. The maximum Gasteiger partial charge on any atom is 0.320 e. The Morgan fingerprint density at radius 3 is 2.00 bits per heavy atom. The molecule has 4 heterocycles. The summed E-state index contributed by atoms with van der Waals surface area (Å²) in [4.78, 5) is 40.1. The Morgan fingerprint density at radius 2 is 1.36 bits per heavy atom. The number of hydrogen-bond acceptors (Lipinski definition) is 6. The molecule has 2 aromatic rings. The second kappa shape index (κ2) is 4.63. The predicted octanol–water partition coefficient (Wildman–Crippen LogP) is 1.30. The van der Waals surface area contributed by atoms with E-state index in [2.05, 4.69) is 19.9 Å². The fourth-order valence-electron chi connectivity index (χ4n) is 2.41. The molecule has 0 fully saturated rings. The van der Waals surface area contributed by atoms with E-state index in [9.17, 15) is 9.59 Å². The molecule has 22 heavy (non-hydrogen) atoms. The molecule has 0 unspecified atom stereocenters. The zero-order chi connectivity index (χ0) is 15.1. The van der Waals surface area contributed by atoms with Crippen LogP contribution in [-0.2, 0) is 0 Å². The molecule has 6 nitrogen and oxygen atoms in total. The van der Waals surface area contributed by atoms with Gasteiger partial charge in [-0.3, -0.25) is 19.6 Å². The molecule has 0 bridgehead atoms. The highest BCUT2D eigenvalue weighted by atomic mass is 16.2. The topological polar surface area (TPSA) is 85.7 Å². The van der Waals surface area contributed by atoms with Gasteiger partial charge in [-0.15, -0.1) is 0 Å². The van der Waals surface area contributed by atoms with Gasteiger partial charge in [0, 0.05) is 12.4 Å². The van der Waals surface area contributed by atoms with Crippen molar-refractivity contribution in [2.45, 2.75) is 0 Å². The van der Waals surface area contributed by atoms with Gasteiger partial charge in [0.2, 0.25) is 0 Å². The molecule has 2 aromatic heterocycles. The van der Waals surface area contributed by atoms with Crippen LogP contribution in [-0.4, -0.2) is 19.9 Å².